The number of ether oxygens (including phenoxy) is 1. The van der Waals surface area contributed by atoms with Crippen LogP contribution in [-0.2, 0) is 4.74 Å². The summed E-state index contributed by atoms with van der Waals surface area (Å²) in [4.78, 5) is 13.8. The molecule has 2 aromatic heterocycles. The fourth-order valence-electron chi connectivity index (χ4n) is 1.59. The van der Waals surface area contributed by atoms with E-state index < -0.39 is 0 Å². The molecule has 0 spiro atoms. The van der Waals surface area contributed by atoms with Gasteiger partial charge in [0.15, 0.2) is 0 Å². The van der Waals surface area contributed by atoms with Crippen molar-refractivity contribution < 1.29 is 9.53 Å². The maximum atomic E-state index is 11.7. The first-order valence-electron chi connectivity index (χ1n) is 4.66. The van der Waals surface area contributed by atoms with Crippen LogP contribution in [0.1, 0.15) is 15.2 Å². The van der Waals surface area contributed by atoms with E-state index in [0.29, 0.717) is 10.6 Å². The molecule has 16 heavy (non-hydrogen) atoms. The molecule has 3 nitrogen and oxygen atoms in total. The highest BCUT2D eigenvalue weighted by molar-refractivity contribution is 7.18. The Morgan fingerprint density at radius 3 is 2.81 bits per heavy atom. The lowest BCUT2D eigenvalue weighted by atomic mass is 10.1. The first-order valence-corrected chi connectivity index (χ1v) is 6.35. The van der Waals surface area contributed by atoms with Gasteiger partial charge in [0.25, 0.3) is 0 Å². The number of esters is 1. The topological polar surface area (TPSA) is 52.3 Å². The molecule has 84 valence electrons. The number of nitrogens with two attached hydrogens (primary N) is 1. The van der Waals surface area contributed by atoms with E-state index in [2.05, 4.69) is 0 Å². The number of hydrogen-bond donors (Lipinski definition) is 1. The summed E-state index contributed by atoms with van der Waals surface area (Å²) in [6, 6.07) is 3.93. The minimum Gasteiger partial charge on any atom is -0.465 e. The third kappa shape index (κ3) is 1.72. The molecule has 0 aliphatic carbocycles. The summed E-state index contributed by atoms with van der Waals surface area (Å²) in [5, 5.41) is 2.50. The third-order valence-corrected chi connectivity index (χ3v) is 4.09. The van der Waals surface area contributed by atoms with Gasteiger partial charge in [-0.3, -0.25) is 0 Å². The largest absolute Gasteiger partial charge is 0.465 e. The zero-order chi connectivity index (χ0) is 11.7. The number of rotatable bonds is 2. The second-order valence-corrected chi connectivity index (χ2v) is 5.45. The van der Waals surface area contributed by atoms with Crippen molar-refractivity contribution in [1.29, 1.82) is 0 Å². The second kappa shape index (κ2) is 4.27. The Hall–Kier alpha value is -1.33. The smallest absolute Gasteiger partial charge is 0.341 e. The maximum Gasteiger partial charge on any atom is 0.341 e. The average Bonchev–Trinajstić information content (AvgIpc) is 2.84. The van der Waals surface area contributed by atoms with Crippen molar-refractivity contribution in [3.05, 3.63) is 28.0 Å². The van der Waals surface area contributed by atoms with Gasteiger partial charge in [-0.25, -0.2) is 4.79 Å². The van der Waals surface area contributed by atoms with E-state index in [1.165, 1.54) is 18.4 Å². The van der Waals surface area contributed by atoms with Gasteiger partial charge in [0.2, 0.25) is 0 Å². The molecular formula is C11H11NO2S2. The van der Waals surface area contributed by atoms with Crippen molar-refractivity contribution in [2.45, 2.75) is 6.92 Å². The number of anilines is 1. The number of hydrogen-bond acceptors (Lipinski definition) is 5. The fraction of sp³-hybridized carbons (Fsp3) is 0.182. The van der Waals surface area contributed by atoms with Crippen molar-refractivity contribution in [2.75, 3.05) is 12.8 Å². The Kier molecular flexibility index (Phi) is 2.98. The summed E-state index contributed by atoms with van der Waals surface area (Å²) in [5.74, 6) is -0.370. The van der Waals surface area contributed by atoms with Crippen LogP contribution in [0.15, 0.2) is 17.5 Å². The van der Waals surface area contributed by atoms with E-state index in [4.69, 9.17) is 10.5 Å². The fourth-order valence-corrected chi connectivity index (χ4v) is 3.42. The molecule has 0 unspecified atom stereocenters. The lowest BCUT2D eigenvalue weighted by Gasteiger charge is -2.02. The molecule has 2 N–H and O–H groups in total. The minimum absolute atomic E-state index is 0.370. The number of carbonyl (C=O) groups excluding carboxylic acids is 1. The molecule has 0 saturated heterocycles. The SMILES string of the molecule is COC(=O)c1c(N)sc(C)c1-c1cccs1. The van der Waals surface area contributed by atoms with Crippen LogP contribution in [0.5, 0.6) is 0 Å². The molecule has 0 saturated carbocycles. The summed E-state index contributed by atoms with van der Waals surface area (Å²) < 4.78 is 4.76. The molecule has 0 aliphatic rings. The molecular weight excluding hydrogens is 242 g/mol. The molecule has 2 heterocycles. The predicted molar refractivity (Wildman–Crippen MR) is 68.1 cm³/mol. The lowest BCUT2D eigenvalue weighted by molar-refractivity contribution is 0.0603. The van der Waals surface area contributed by atoms with E-state index in [1.54, 1.807) is 11.3 Å². The Labute approximate surface area is 101 Å². The lowest BCUT2D eigenvalue weighted by Crippen LogP contribution is -2.04. The van der Waals surface area contributed by atoms with E-state index in [1.807, 2.05) is 24.4 Å². The first kappa shape index (κ1) is 11.2. The van der Waals surface area contributed by atoms with Gasteiger partial charge in [0.1, 0.15) is 10.6 Å². The van der Waals surface area contributed by atoms with Crippen LogP contribution < -0.4 is 5.73 Å². The summed E-state index contributed by atoms with van der Waals surface area (Å²) >= 11 is 3.01. The highest BCUT2D eigenvalue weighted by atomic mass is 32.1. The van der Waals surface area contributed by atoms with Gasteiger partial charge in [-0.1, -0.05) is 6.07 Å². The molecule has 0 atom stereocenters. The quantitative estimate of drug-likeness (QED) is 0.836. The standard InChI is InChI=1S/C11H11NO2S2/c1-6-8(7-4-3-5-15-7)9(10(12)16-6)11(13)14-2/h3-5H,12H2,1-2H3. The van der Waals surface area contributed by atoms with Crippen LogP contribution in [0, 0.1) is 6.92 Å². The van der Waals surface area contributed by atoms with Crippen molar-refractivity contribution in [3.8, 4) is 10.4 Å². The Bertz CT molecular complexity index is 514. The number of methoxy groups -OCH3 is 1. The van der Waals surface area contributed by atoms with Crippen LogP contribution in [0.4, 0.5) is 5.00 Å². The summed E-state index contributed by atoms with van der Waals surface area (Å²) in [7, 11) is 1.37. The van der Waals surface area contributed by atoms with Crippen LogP contribution in [0.25, 0.3) is 10.4 Å². The van der Waals surface area contributed by atoms with Crippen LogP contribution >= 0.6 is 22.7 Å². The maximum absolute atomic E-state index is 11.7. The van der Waals surface area contributed by atoms with Crippen molar-refractivity contribution in [1.82, 2.24) is 0 Å². The number of aryl methyl sites for hydroxylation is 1. The highest BCUT2D eigenvalue weighted by Crippen LogP contribution is 2.40. The average molecular weight is 253 g/mol. The van der Waals surface area contributed by atoms with Crippen molar-refractivity contribution in [2.24, 2.45) is 0 Å². The first-order chi connectivity index (χ1) is 7.65. The zero-order valence-electron chi connectivity index (χ0n) is 8.94. The Morgan fingerprint density at radius 2 is 2.25 bits per heavy atom. The van der Waals surface area contributed by atoms with E-state index in [-0.39, 0.29) is 5.97 Å². The molecule has 2 rings (SSSR count). The molecule has 0 radical (unpaired) electrons. The normalized spacial score (nSPS) is 10.4. The monoisotopic (exact) mass is 253 g/mol. The number of thiophene rings is 2. The van der Waals surface area contributed by atoms with Crippen molar-refractivity contribution in [3.63, 3.8) is 0 Å². The van der Waals surface area contributed by atoms with E-state index in [0.717, 1.165) is 15.3 Å². The minimum atomic E-state index is -0.370. The van der Waals surface area contributed by atoms with Gasteiger partial charge in [-0.05, 0) is 18.4 Å². The number of nitrogen functional groups attached to an aromatic ring is 1. The van der Waals surface area contributed by atoms with Crippen LogP contribution in [0.3, 0.4) is 0 Å². The van der Waals surface area contributed by atoms with E-state index in [9.17, 15) is 4.79 Å². The predicted octanol–water partition coefficient (Wildman–Crippen LogP) is 3.15. The molecule has 0 aliphatic heterocycles. The molecule has 5 heteroatoms. The van der Waals surface area contributed by atoms with Crippen LogP contribution in [0.2, 0.25) is 0 Å². The van der Waals surface area contributed by atoms with Gasteiger partial charge in [-0.15, -0.1) is 22.7 Å². The summed E-state index contributed by atoms with van der Waals surface area (Å²) in [5.41, 5.74) is 7.25. The zero-order valence-corrected chi connectivity index (χ0v) is 10.6. The van der Waals surface area contributed by atoms with Gasteiger partial charge in [0.05, 0.1) is 7.11 Å². The molecule has 0 aromatic carbocycles. The Balaban J connectivity index is 2.64. The molecule has 0 fully saturated rings. The van der Waals surface area contributed by atoms with Crippen LogP contribution in [-0.4, -0.2) is 13.1 Å². The third-order valence-electron chi connectivity index (χ3n) is 2.27. The van der Waals surface area contributed by atoms with Gasteiger partial charge in [0, 0.05) is 15.3 Å². The molecule has 2 aromatic rings. The summed E-state index contributed by atoms with van der Waals surface area (Å²) in [6.45, 7) is 1.96. The number of carbonyl (C=O) groups is 1. The van der Waals surface area contributed by atoms with E-state index >= 15 is 0 Å². The molecule has 0 bridgehead atoms. The van der Waals surface area contributed by atoms with Gasteiger partial charge < -0.3 is 10.5 Å². The van der Waals surface area contributed by atoms with Gasteiger partial charge in [-0.2, -0.15) is 0 Å². The highest BCUT2D eigenvalue weighted by Gasteiger charge is 2.22. The summed E-state index contributed by atoms with van der Waals surface area (Å²) in [6.07, 6.45) is 0. The second-order valence-electron chi connectivity index (χ2n) is 3.24. The molecule has 0 amide bonds. The van der Waals surface area contributed by atoms with Crippen molar-refractivity contribution >= 4 is 33.6 Å². The van der Waals surface area contributed by atoms with Gasteiger partial charge >= 0.3 is 5.97 Å². The Morgan fingerprint density at radius 1 is 1.50 bits per heavy atom.